The molecule has 1 unspecified atom stereocenters. The average Bonchev–Trinajstić information content (AvgIpc) is 2.30. The molecule has 0 aromatic heterocycles. The van der Waals surface area contributed by atoms with Crippen molar-refractivity contribution in [1.29, 1.82) is 0 Å². The van der Waals surface area contributed by atoms with Crippen molar-refractivity contribution >= 4 is 29.9 Å². The second-order valence-corrected chi connectivity index (χ2v) is 4.55. The van der Waals surface area contributed by atoms with Gasteiger partial charge in [-0.05, 0) is 13.0 Å². The summed E-state index contributed by atoms with van der Waals surface area (Å²) in [6, 6.07) is 4.94. The fourth-order valence-corrected chi connectivity index (χ4v) is 2.08. The Kier molecular flexibility index (Phi) is 5.26. The maximum Gasteiger partial charge on any atom is 0.237 e. The smallest absolute Gasteiger partial charge is 0.237 e. The van der Waals surface area contributed by atoms with Crippen molar-refractivity contribution in [2.45, 2.75) is 25.4 Å². The SMILES string of the molecule is C[C@@H](N)C(=O)NC1CCOc2c(Cl)cccc21.Cl. The van der Waals surface area contributed by atoms with Gasteiger partial charge in [-0.15, -0.1) is 12.4 Å². The summed E-state index contributed by atoms with van der Waals surface area (Å²) < 4.78 is 5.51. The molecule has 1 aromatic rings. The van der Waals surface area contributed by atoms with Crippen LogP contribution in [0.15, 0.2) is 18.2 Å². The van der Waals surface area contributed by atoms with Gasteiger partial charge in [-0.25, -0.2) is 0 Å². The van der Waals surface area contributed by atoms with E-state index in [0.29, 0.717) is 17.4 Å². The Bertz CT molecular complexity index is 438. The van der Waals surface area contributed by atoms with Crippen LogP contribution in [0.2, 0.25) is 5.02 Å². The molecule has 1 aliphatic rings. The van der Waals surface area contributed by atoms with Crippen molar-refractivity contribution in [3.05, 3.63) is 28.8 Å². The average molecular weight is 291 g/mol. The maximum absolute atomic E-state index is 11.6. The zero-order valence-electron chi connectivity index (χ0n) is 9.98. The molecule has 0 aliphatic carbocycles. The maximum atomic E-state index is 11.6. The summed E-state index contributed by atoms with van der Waals surface area (Å²) in [6.45, 7) is 2.20. The third-order valence-corrected chi connectivity index (χ3v) is 3.05. The minimum Gasteiger partial charge on any atom is -0.492 e. The second-order valence-electron chi connectivity index (χ2n) is 4.15. The number of benzene rings is 1. The highest BCUT2D eigenvalue weighted by Gasteiger charge is 2.25. The lowest BCUT2D eigenvalue weighted by Crippen LogP contribution is -2.41. The van der Waals surface area contributed by atoms with Gasteiger partial charge in [0.1, 0.15) is 5.75 Å². The minimum atomic E-state index is -0.513. The molecule has 0 bridgehead atoms. The number of nitrogens with two attached hydrogens (primary N) is 1. The molecule has 2 rings (SSSR count). The van der Waals surface area contributed by atoms with Gasteiger partial charge in [0.2, 0.25) is 5.91 Å². The standard InChI is InChI=1S/C12H15ClN2O2.ClH/c1-7(14)12(16)15-10-5-6-17-11-8(10)3-2-4-9(11)13;/h2-4,7,10H,5-6,14H2,1H3,(H,15,16);1H/t7-,10?;/m1./s1. The van der Waals surface area contributed by atoms with E-state index in [9.17, 15) is 4.79 Å². The quantitative estimate of drug-likeness (QED) is 0.876. The molecule has 0 saturated heterocycles. The van der Waals surface area contributed by atoms with E-state index < -0.39 is 6.04 Å². The highest BCUT2D eigenvalue weighted by atomic mass is 35.5. The third kappa shape index (κ3) is 3.07. The van der Waals surface area contributed by atoms with Gasteiger partial charge in [0.05, 0.1) is 23.7 Å². The number of para-hydroxylation sites is 1. The number of fused-ring (bicyclic) bond motifs is 1. The molecular formula is C12H16Cl2N2O2. The van der Waals surface area contributed by atoms with E-state index >= 15 is 0 Å². The van der Waals surface area contributed by atoms with Gasteiger partial charge >= 0.3 is 0 Å². The molecular weight excluding hydrogens is 275 g/mol. The Labute approximate surface area is 117 Å². The van der Waals surface area contributed by atoms with Crippen LogP contribution < -0.4 is 15.8 Å². The molecule has 2 atom stereocenters. The molecule has 100 valence electrons. The van der Waals surface area contributed by atoms with E-state index in [1.165, 1.54) is 0 Å². The highest BCUT2D eigenvalue weighted by molar-refractivity contribution is 6.32. The number of hydrogen-bond donors (Lipinski definition) is 2. The molecule has 1 heterocycles. The Morgan fingerprint density at radius 2 is 2.33 bits per heavy atom. The molecule has 0 spiro atoms. The first-order valence-electron chi connectivity index (χ1n) is 5.56. The van der Waals surface area contributed by atoms with Crippen LogP contribution in [0.5, 0.6) is 5.75 Å². The van der Waals surface area contributed by atoms with Gasteiger partial charge in [0, 0.05) is 12.0 Å². The molecule has 1 aliphatic heterocycles. The first-order valence-corrected chi connectivity index (χ1v) is 5.94. The van der Waals surface area contributed by atoms with Crippen LogP contribution in [0.1, 0.15) is 24.9 Å². The summed E-state index contributed by atoms with van der Waals surface area (Å²) in [5.41, 5.74) is 6.45. The van der Waals surface area contributed by atoms with Crippen LogP contribution >= 0.6 is 24.0 Å². The van der Waals surface area contributed by atoms with E-state index in [0.717, 1.165) is 12.0 Å². The Balaban J connectivity index is 0.00000162. The van der Waals surface area contributed by atoms with Gasteiger partial charge in [-0.2, -0.15) is 0 Å². The van der Waals surface area contributed by atoms with Gasteiger partial charge in [-0.1, -0.05) is 23.7 Å². The van der Waals surface area contributed by atoms with Gasteiger partial charge in [-0.3, -0.25) is 4.79 Å². The lowest BCUT2D eigenvalue weighted by atomic mass is 10.0. The minimum absolute atomic E-state index is 0. The third-order valence-electron chi connectivity index (χ3n) is 2.76. The molecule has 6 heteroatoms. The van der Waals surface area contributed by atoms with Gasteiger partial charge < -0.3 is 15.8 Å². The van der Waals surface area contributed by atoms with E-state index in [1.54, 1.807) is 13.0 Å². The number of carbonyl (C=O) groups excluding carboxylic acids is 1. The van der Waals surface area contributed by atoms with Crippen LogP contribution in [0.4, 0.5) is 0 Å². The molecule has 1 amide bonds. The summed E-state index contributed by atoms with van der Waals surface area (Å²) in [7, 11) is 0. The molecule has 0 fully saturated rings. The van der Waals surface area contributed by atoms with E-state index in [1.807, 2.05) is 12.1 Å². The number of ether oxygens (including phenoxy) is 1. The van der Waals surface area contributed by atoms with Crippen LogP contribution in [0, 0.1) is 0 Å². The van der Waals surface area contributed by atoms with Crippen molar-refractivity contribution in [3.8, 4) is 5.75 Å². The molecule has 0 saturated carbocycles. The summed E-state index contributed by atoms with van der Waals surface area (Å²) >= 11 is 6.04. The first kappa shape index (κ1) is 15.1. The van der Waals surface area contributed by atoms with Crippen molar-refractivity contribution in [2.24, 2.45) is 5.73 Å². The zero-order valence-corrected chi connectivity index (χ0v) is 11.6. The molecule has 3 N–H and O–H groups in total. The van der Waals surface area contributed by atoms with Crippen molar-refractivity contribution in [3.63, 3.8) is 0 Å². The van der Waals surface area contributed by atoms with Gasteiger partial charge in [0.25, 0.3) is 0 Å². The lowest BCUT2D eigenvalue weighted by Gasteiger charge is -2.27. The van der Waals surface area contributed by atoms with E-state index in [4.69, 9.17) is 22.1 Å². The van der Waals surface area contributed by atoms with E-state index in [-0.39, 0.29) is 24.4 Å². The first-order chi connectivity index (χ1) is 8.09. The highest BCUT2D eigenvalue weighted by Crippen LogP contribution is 2.37. The summed E-state index contributed by atoms with van der Waals surface area (Å²) in [5, 5.41) is 3.47. The largest absolute Gasteiger partial charge is 0.492 e. The predicted octanol–water partition coefficient (Wildman–Crippen LogP) is 2.05. The fraction of sp³-hybridized carbons (Fsp3) is 0.417. The molecule has 1 aromatic carbocycles. The van der Waals surface area contributed by atoms with Crippen LogP contribution in [-0.2, 0) is 4.79 Å². The zero-order chi connectivity index (χ0) is 12.4. The van der Waals surface area contributed by atoms with E-state index in [2.05, 4.69) is 5.32 Å². The normalized spacial score (nSPS) is 18.9. The number of halogens is 2. The fourth-order valence-electron chi connectivity index (χ4n) is 1.84. The number of carbonyl (C=O) groups is 1. The van der Waals surface area contributed by atoms with Crippen LogP contribution in [-0.4, -0.2) is 18.6 Å². The summed E-state index contributed by atoms with van der Waals surface area (Å²) in [5.74, 6) is 0.498. The number of rotatable bonds is 2. The Morgan fingerprint density at radius 1 is 1.61 bits per heavy atom. The Morgan fingerprint density at radius 3 is 3.00 bits per heavy atom. The lowest BCUT2D eigenvalue weighted by molar-refractivity contribution is -0.122. The molecule has 18 heavy (non-hydrogen) atoms. The van der Waals surface area contributed by atoms with Gasteiger partial charge in [0.15, 0.2) is 0 Å². The molecule has 4 nitrogen and oxygen atoms in total. The van der Waals surface area contributed by atoms with Crippen LogP contribution in [0.3, 0.4) is 0 Å². The van der Waals surface area contributed by atoms with Crippen molar-refractivity contribution in [2.75, 3.05) is 6.61 Å². The predicted molar refractivity (Wildman–Crippen MR) is 73.3 cm³/mol. The number of amides is 1. The van der Waals surface area contributed by atoms with Crippen LogP contribution in [0.25, 0.3) is 0 Å². The number of hydrogen-bond acceptors (Lipinski definition) is 3. The summed E-state index contributed by atoms with van der Waals surface area (Å²) in [6.07, 6.45) is 0.728. The summed E-state index contributed by atoms with van der Waals surface area (Å²) in [4.78, 5) is 11.6. The monoisotopic (exact) mass is 290 g/mol. The topological polar surface area (TPSA) is 64.4 Å². The van der Waals surface area contributed by atoms with Crippen molar-refractivity contribution < 1.29 is 9.53 Å². The number of nitrogens with one attached hydrogen (secondary N) is 1. The second kappa shape index (κ2) is 6.27. The molecule has 0 radical (unpaired) electrons. The Hall–Kier alpha value is -0.970. The van der Waals surface area contributed by atoms with Crippen molar-refractivity contribution in [1.82, 2.24) is 5.32 Å².